The third-order valence-corrected chi connectivity index (χ3v) is 3.98. The van der Waals surface area contributed by atoms with Crippen LogP contribution in [0.25, 0.3) is 0 Å². The Morgan fingerprint density at radius 1 is 1.42 bits per heavy atom. The van der Waals surface area contributed by atoms with Gasteiger partial charge < -0.3 is 15.5 Å². The number of carbonyl (C=O) groups excluding carboxylic acids is 1. The molecule has 0 aliphatic carbocycles. The Morgan fingerprint density at radius 3 is 2.79 bits per heavy atom. The molecule has 8 heteroatoms. The third-order valence-electron chi connectivity index (χ3n) is 3.49. The number of hydrogen-bond donors (Lipinski definition) is 4. The predicted molar refractivity (Wildman–Crippen MR) is 94.6 cm³/mol. The minimum absolute atomic E-state index is 0.0792. The summed E-state index contributed by atoms with van der Waals surface area (Å²) in [7, 11) is 0. The first-order chi connectivity index (χ1) is 11.5. The molecule has 126 valence electrons. The molecule has 24 heavy (non-hydrogen) atoms. The number of ketones is 1. The van der Waals surface area contributed by atoms with Crippen LogP contribution in [0.4, 0.5) is 0 Å². The SMILES string of the molecule is Cc1[nH]c(/C(N=N)=N/NCCO)c(C)c1C(=O)c1cccc(Br)c1. The number of aryl methyl sites for hydroxylation is 1. The molecule has 1 aromatic heterocycles. The van der Waals surface area contributed by atoms with E-state index in [0.29, 0.717) is 28.1 Å². The molecular formula is C16H18BrN5O2. The largest absolute Gasteiger partial charge is 0.394 e. The molecule has 0 atom stereocenters. The second-order valence-electron chi connectivity index (χ2n) is 5.14. The van der Waals surface area contributed by atoms with Crippen molar-refractivity contribution in [2.75, 3.05) is 13.2 Å². The molecule has 2 aromatic rings. The fourth-order valence-electron chi connectivity index (χ4n) is 2.41. The maximum atomic E-state index is 12.8. The lowest BCUT2D eigenvalue weighted by Crippen LogP contribution is -2.15. The zero-order valence-electron chi connectivity index (χ0n) is 13.4. The van der Waals surface area contributed by atoms with Crippen LogP contribution in [0.15, 0.2) is 39.0 Å². The number of nitrogens with zero attached hydrogens (tertiary/aromatic N) is 2. The van der Waals surface area contributed by atoms with E-state index in [4.69, 9.17) is 10.6 Å². The molecule has 0 aliphatic rings. The molecular weight excluding hydrogens is 374 g/mol. The van der Waals surface area contributed by atoms with E-state index in [1.54, 1.807) is 32.0 Å². The van der Waals surface area contributed by atoms with Crippen molar-refractivity contribution in [3.63, 3.8) is 0 Å². The monoisotopic (exact) mass is 391 g/mol. The van der Waals surface area contributed by atoms with E-state index in [1.807, 2.05) is 6.07 Å². The van der Waals surface area contributed by atoms with Gasteiger partial charge in [-0.2, -0.15) is 5.10 Å². The standard InChI is InChI=1S/C16H18BrN5O2/c1-9-13(15(24)11-4-3-5-12(17)8-11)10(2)20-14(9)16(21-18)22-19-6-7-23/h3-5,8,18-20,23H,6-7H2,1-2H3/b21-18?,22-16-. The summed E-state index contributed by atoms with van der Waals surface area (Å²) in [6.45, 7) is 3.76. The average Bonchev–Trinajstić information content (AvgIpc) is 2.85. The molecule has 0 radical (unpaired) electrons. The highest BCUT2D eigenvalue weighted by Gasteiger charge is 2.22. The molecule has 7 nitrogen and oxygen atoms in total. The topological polar surface area (TPSA) is 114 Å². The van der Waals surface area contributed by atoms with E-state index in [2.05, 4.69) is 36.6 Å². The second-order valence-corrected chi connectivity index (χ2v) is 6.06. The summed E-state index contributed by atoms with van der Waals surface area (Å²) in [5.74, 6) is 0.0128. The molecule has 0 bridgehead atoms. The van der Waals surface area contributed by atoms with Crippen molar-refractivity contribution < 1.29 is 9.90 Å². The number of hydrazone groups is 1. The Hall–Kier alpha value is -2.32. The molecule has 0 unspecified atom stereocenters. The minimum atomic E-state index is -0.110. The molecule has 0 spiro atoms. The van der Waals surface area contributed by atoms with Gasteiger partial charge in [-0.1, -0.05) is 28.1 Å². The van der Waals surface area contributed by atoms with E-state index in [1.165, 1.54) is 0 Å². The summed E-state index contributed by atoms with van der Waals surface area (Å²) in [5, 5.41) is 16.1. The Labute approximate surface area is 147 Å². The zero-order chi connectivity index (χ0) is 17.7. The van der Waals surface area contributed by atoms with Crippen LogP contribution in [-0.2, 0) is 0 Å². The summed E-state index contributed by atoms with van der Waals surface area (Å²) in [6, 6.07) is 7.18. The fraction of sp³-hybridized carbons (Fsp3) is 0.250. The molecule has 0 saturated carbocycles. The third kappa shape index (κ3) is 3.77. The number of aliphatic hydroxyl groups excluding tert-OH is 1. The van der Waals surface area contributed by atoms with Crippen molar-refractivity contribution in [1.82, 2.24) is 10.4 Å². The van der Waals surface area contributed by atoms with Crippen molar-refractivity contribution in [3.05, 3.63) is 56.8 Å². The Bertz CT molecular complexity index is 798. The highest BCUT2D eigenvalue weighted by Crippen LogP contribution is 2.23. The molecule has 0 saturated heterocycles. The first kappa shape index (κ1) is 18.0. The van der Waals surface area contributed by atoms with Gasteiger partial charge in [-0.3, -0.25) is 4.79 Å². The molecule has 0 aliphatic heterocycles. The average molecular weight is 392 g/mol. The van der Waals surface area contributed by atoms with Gasteiger partial charge in [-0.05, 0) is 31.5 Å². The number of amidine groups is 1. The summed E-state index contributed by atoms with van der Waals surface area (Å²) < 4.78 is 0.830. The maximum Gasteiger partial charge on any atom is 0.216 e. The number of halogens is 1. The van der Waals surface area contributed by atoms with Crippen molar-refractivity contribution in [2.24, 2.45) is 10.2 Å². The van der Waals surface area contributed by atoms with Crippen molar-refractivity contribution in [3.8, 4) is 0 Å². The Morgan fingerprint density at radius 2 is 2.17 bits per heavy atom. The summed E-state index contributed by atoms with van der Waals surface area (Å²) in [4.78, 5) is 15.9. The van der Waals surface area contributed by atoms with Gasteiger partial charge in [-0.25, -0.2) is 5.53 Å². The van der Waals surface area contributed by atoms with Crippen molar-refractivity contribution in [1.29, 1.82) is 5.53 Å². The van der Waals surface area contributed by atoms with Crippen LogP contribution < -0.4 is 5.43 Å². The molecule has 4 N–H and O–H groups in total. The van der Waals surface area contributed by atoms with Gasteiger partial charge in [0.05, 0.1) is 18.8 Å². The zero-order valence-corrected chi connectivity index (χ0v) is 14.9. The maximum absolute atomic E-state index is 12.8. The van der Waals surface area contributed by atoms with Crippen molar-refractivity contribution in [2.45, 2.75) is 13.8 Å². The number of aromatic nitrogens is 1. The number of hydrogen-bond acceptors (Lipinski definition) is 5. The number of benzene rings is 1. The lowest BCUT2D eigenvalue weighted by Gasteiger charge is -2.04. The summed E-state index contributed by atoms with van der Waals surface area (Å²) in [5.41, 5.74) is 12.9. The van der Waals surface area contributed by atoms with Gasteiger partial charge in [0.1, 0.15) is 0 Å². The Kier molecular flexibility index (Phi) is 5.99. The number of H-pyrrole nitrogens is 1. The van der Waals surface area contributed by atoms with E-state index >= 15 is 0 Å². The predicted octanol–water partition coefficient (Wildman–Crippen LogP) is 2.90. The molecule has 1 heterocycles. The lowest BCUT2D eigenvalue weighted by atomic mass is 9.99. The minimum Gasteiger partial charge on any atom is -0.394 e. The molecule has 2 rings (SSSR count). The van der Waals surface area contributed by atoms with Crippen LogP contribution in [0.5, 0.6) is 0 Å². The number of rotatable bonds is 6. The quantitative estimate of drug-likeness (QED) is 0.151. The van der Waals surface area contributed by atoms with Gasteiger partial charge >= 0.3 is 0 Å². The van der Waals surface area contributed by atoms with Crippen molar-refractivity contribution >= 4 is 27.5 Å². The van der Waals surface area contributed by atoms with Crippen LogP contribution in [0.1, 0.15) is 32.9 Å². The van der Waals surface area contributed by atoms with E-state index in [9.17, 15) is 4.79 Å². The van der Waals surface area contributed by atoms with Gasteiger partial charge in [-0.15, -0.1) is 5.11 Å². The number of aromatic amines is 1. The van der Waals surface area contributed by atoms with Crippen LogP contribution >= 0.6 is 15.9 Å². The molecule has 0 fully saturated rings. The normalized spacial score (nSPS) is 11.4. The van der Waals surface area contributed by atoms with Gasteiger partial charge in [0.25, 0.3) is 0 Å². The van der Waals surface area contributed by atoms with Gasteiger partial charge in [0.2, 0.25) is 5.84 Å². The van der Waals surface area contributed by atoms with Crippen LogP contribution in [-0.4, -0.2) is 34.9 Å². The van der Waals surface area contributed by atoms with Gasteiger partial charge in [0, 0.05) is 21.3 Å². The highest BCUT2D eigenvalue weighted by atomic mass is 79.9. The second kappa shape index (κ2) is 7.98. The molecule has 1 aromatic carbocycles. The van der Waals surface area contributed by atoms with E-state index < -0.39 is 0 Å². The van der Waals surface area contributed by atoms with Gasteiger partial charge in [0.15, 0.2) is 5.78 Å². The van der Waals surface area contributed by atoms with E-state index in [0.717, 1.165) is 4.47 Å². The number of aliphatic hydroxyl groups is 1. The smallest absolute Gasteiger partial charge is 0.216 e. The van der Waals surface area contributed by atoms with Crippen LogP contribution in [0, 0.1) is 19.4 Å². The summed E-state index contributed by atoms with van der Waals surface area (Å²) >= 11 is 3.37. The Balaban J connectivity index is 2.43. The molecule has 0 amide bonds. The summed E-state index contributed by atoms with van der Waals surface area (Å²) in [6.07, 6.45) is 0. The highest BCUT2D eigenvalue weighted by molar-refractivity contribution is 9.10. The van der Waals surface area contributed by atoms with Crippen LogP contribution in [0.3, 0.4) is 0 Å². The fourth-order valence-corrected chi connectivity index (χ4v) is 2.81. The van der Waals surface area contributed by atoms with Crippen LogP contribution in [0.2, 0.25) is 0 Å². The number of nitrogens with one attached hydrogen (secondary N) is 3. The van der Waals surface area contributed by atoms with E-state index in [-0.39, 0.29) is 24.8 Å². The lowest BCUT2D eigenvalue weighted by molar-refractivity contribution is 0.103. The number of carbonyl (C=O) groups is 1. The first-order valence-corrected chi connectivity index (χ1v) is 8.07. The first-order valence-electron chi connectivity index (χ1n) is 7.28.